The van der Waals surface area contributed by atoms with Crippen LogP contribution in [0.4, 0.5) is 0 Å². The molecule has 0 bridgehead atoms. The molecule has 0 saturated carbocycles. The second-order valence-electron chi connectivity index (χ2n) is 4.89. The summed E-state index contributed by atoms with van der Waals surface area (Å²) in [5.74, 6) is 0.802. The normalized spacial score (nSPS) is 11.7. The fraction of sp³-hybridized carbons (Fsp3) is 0.235. The van der Waals surface area contributed by atoms with Gasteiger partial charge in [0.1, 0.15) is 12.4 Å². The third kappa shape index (κ3) is 3.84. The second-order valence-corrected chi connectivity index (χ2v) is 4.89. The monoisotopic (exact) mass is 266 g/mol. The van der Waals surface area contributed by atoms with Gasteiger partial charge in [0.15, 0.2) is 0 Å². The van der Waals surface area contributed by atoms with Crippen molar-refractivity contribution in [2.45, 2.75) is 26.0 Å². The zero-order valence-corrected chi connectivity index (χ0v) is 11.5. The van der Waals surface area contributed by atoms with Crippen LogP contribution in [-0.2, 0) is 13.0 Å². The molecule has 0 fully saturated rings. The predicted octanol–water partition coefficient (Wildman–Crippen LogP) is 3.03. The van der Waals surface area contributed by atoms with Gasteiger partial charge in [0, 0.05) is 11.6 Å². The van der Waals surface area contributed by atoms with Gasteiger partial charge in [0.25, 0.3) is 0 Å². The van der Waals surface area contributed by atoms with Crippen molar-refractivity contribution in [2.75, 3.05) is 0 Å². The number of nitrogens with two attached hydrogens (primary N) is 1. The van der Waals surface area contributed by atoms with Crippen LogP contribution in [0.1, 0.15) is 23.6 Å². The Kier molecular flexibility index (Phi) is 4.75. The Morgan fingerprint density at radius 2 is 2.00 bits per heavy atom. The molecule has 2 N–H and O–H groups in total. The van der Waals surface area contributed by atoms with Gasteiger partial charge in [-0.2, -0.15) is 5.26 Å². The minimum atomic E-state index is 0.129. The Balaban J connectivity index is 2.06. The molecule has 0 saturated heterocycles. The first-order valence-corrected chi connectivity index (χ1v) is 6.64. The zero-order chi connectivity index (χ0) is 14.4. The average molecular weight is 266 g/mol. The first-order chi connectivity index (χ1) is 9.69. The quantitative estimate of drug-likeness (QED) is 0.905. The lowest BCUT2D eigenvalue weighted by atomic mass is 10.1. The lowest BCUT2D eigenvalue weighted by Crippen LogP contribution is -2.17. The van der Waals surface area contributed by atoms with Crippen LogP contribution < -0.4 is 10.5 Å². The lowest BCUT2D eigenvalue weighted by molar-refractivity contribution is 0.305. The van der Waals surface area contributed by atoms with E-state index in [4.69, 9.17) is 15.7 Å². The summed E-state index contributed by atoms with van der Waals surface area (Å²) in [5.41, 5.74) is 8.51. The van der Waals surface area contributed by atoms with E-state index in [0.29, 0.717) is 12.2 Å². The van der Waals surface area contributed by atoms with Crippen LogP contribution in [0.3, 0.4) is 0 Å². The minimum absolute atomic E-state index is 0.129. The molecule has 3 nitrogen and oxygen atoms in total. The van der Waals surface area contributed by atoms with Crippen molar-refractivity contribution < 1.29 is 4.74 Å². The summed E-state index contributed by atoms with van der Waals surface area (Å²) in [5, 5.41) is 9.04. The van der Waals surface area contributed by atoms with Gasteiger partial charge in [0.05, 0.1) is 11.6 Å². The standard InChI is InChI=1S/C17H18N2O/c1-13(19)9-14-5-4-8-17(10-14)20-12-16-7-3-2-6-15(16)11-18/h2-8,10,13H,9,12,19H2,1H3. The molecule has 0 radical (unpaired) electrons. The minimum Gasteiger partial charge on any atom is -0.489 e. The summed E-state index contributed by atoms with van der Waals surface area (Å²) in [6.07, 6.45) is 0.825. The zero-order valence-electron chi connectivity index (χ0n) is 11.5. The molecule has 0 aromatic heterocycles. The molecule has 20 heavy (non-hydrogen) atoms. The fourth-order valence-electron chi connectivity index (χ4n) is 2.05. The maximum atomic E-state index is 9.04. The van der Waals surface area contributed by atoms with Crippen molar-refractivity contribution in [3.05, 3.63) is 65.2 Å². The molecular weight excluding hydrogens is 248 g/mol. The van der Waals surface area contributed by atoms with Crippen LogP contribution >= 0.6 is 0 Å². The van der Waals surface area contributed by atoms with Crippen molar-refractivity contribution in [3.63, 3.8) is 0 Å². The van der Waals surface area contributed by atoms with Gasteiger partial charge in [-0.15, -0.1) is 0 Å². The van der Waals surface area contributed by atoms with Gasteiger partial charge < -0.3 is 10.5 Å². The summed E-state index contributed by atoms with van der Waals surface area (Å²) >= 11 is 0. The number of benzene rings is 2. The molecule has 2 aromatic carbocycles. The van der Waals surface area contributed by atoms with E-state index in [0.717, 1.165) is 23.3 Å². The number of nitriles is 1. The molecule has 0 aliphatic heterocycles. The van der Waals surface area contributed by atoms with Gasteiger partial charge in [-0.1, -0.05) is 30.3 Å². The Bertz CT molecular complexity index is 614. The van der Waals surface area contributed by atoms with E-state index in [-0.39, 0.29) is 6.04 Å². The van der Waals surface area contributed by atoms with Crippen molar-refractivity contribution >= 4 is 0 Å². The van der Waals surface area contributed by atoms with E-state index in [2.05, 4.69) is 6.07 Å². The van der Waals surface area contributed by atoms with Crippen molar-refractivity contribution in [3.8, 4) is 11.8 Å². The van der Waals surface area contributed by atoms with Gasteiger partial charge in [-0.3, -0.25) is 0 Å². The van der Waals surface area contributed by atoms with Crippen LogP contribution in [0.5, 0.6) is 5.75 Å². The number of hydrogen-bond donors (Lipinski definition) is 1. The second kappa shape index (κ2) is 6.74. The largest absolute Gasteiger partial charge is 0.489 e. The maximum absolute atomic E-state index is 9.04. The van der Waals surface area contributed by atoms with E-state index in [1.54, 1.807) is 6.07 Å². The van der Waals surface area contributed by atoms with Crippen molar-refractivity contribution in [1.29, 1.82) is 5.26 Å². The molecule has 2 aromatic rings. The highest BCUT2D eigenvalue weighted by atomic mass is 16.5. The first-order valence-electron chi connectivity index (χ1n) is 6.64. The number of rotatable bonds is 5. The van der Waals surface area contributed by atoms with Crippen LogP contribution in [0, 0.1) is 11.3 Å². The Morgan fingerprint density at radius 1 is 1.20 bits per heavy atom. The van der Waals surface area contributed by atoms with Crippen LogP contribution in [-0.4, -0.2) is 6.04 Å². The molecule has 3 heteroatoms. The highest BCUT2D eigenvalue weighted by molar-refractivity contribution is 5.37. The Labute approximate surface area is 119 Å². The van der Waals surface area contributed by atoms with E-state index in [1.807, 2.05) is 49.4 Å². The molecule has 0 aliphatic rings. The molecule has 102 valence electrons. The molecular formula is C17H18N2O. The van der Waals surface area contributed by atoms with Gasteiger partial charge in [0.2, 0.25) is 0 Å². The van der Waals surface area contributed by atoms with Gasteiger partial charge in [-0.05, 0) is 37.1 Å². The van der Waals surface area contributed by atoms with E-state index >= 15 is 0 Å². The van der Waals surface area contributed by atoms with E-state index in [9.17, 15) is 0 Å². The molecule has 2 rings (SSSR count). The summed E-state index contributed by atoms with van der Waals surface area (Å²) in [6, 6.07) is 17.7. The third-order valence-corrected chi connectivity index (χ3v) is 2.99. The highest BCUT2D eigenvalue weighted by Gasteiger charge is 2.03. The van der Waals surface area contributed by atoms with Crippen LogP contribution in [0.15, 0.2) is 48.5 Å². The number of nitrogens with zero attached hydrogens (tertiary/aromatic N) is 1. The van der Waals surface area contributed by atoms with E-state index in [1.165, 1.54) is 0 Å². The third-order valence-electron chi connectivity index (χ3n) is 2.99. The number of ether oxygens (including phenoxy) is 1. The first kappa shape index (κ1) is 14.1. The van der Waals surface area contributed by atoms with Gasteiger partial charge in [-0.25, -0.2) is 0 Å². The summed E-state index contributed by atoms with van der Waals surface area (Å²) in [4.78, 5) is 0. The summed E-state index contributed by atoms with van der Waals surface area (Å²) < 4.78 is 5.76. The summed E-state index contributed by atoms with van der Waals surface area (Å²) in [6.45, 7) is 2.38. The predicted molar refractivity (Wildman–Crippen MR) is 79.3 cm³/mol. The van der Waals surface area contributed by atoms with E-state index < -0.39 is 0 Å². The highest BCUT2D eigenvalue weighted by Crippen LogP contribution is 2.17. The topological polar surface area (TPSA) is 59.0 Å². The molecule has 0 amide bonds. The Hall–Kier alpha value is -2.31. The molecule has 0 aliphatic carbocycles. The smallest absolute Gasteiger partial charge is 0.120 e. The molecule has 0 spiro atoms. The van der Waals surface area contributed by atoms with Gasteiger partial charge >= 0.3 is 0 Å². The maximum Gasteiger partial charge on any atom is 0.120 e. The van der Waals surface area contributed by atoms with Crippen molar-refractivity contribution in [1.82, 2.24) is 0 Å². The Morgan fingerprint density at radius 3 is 2.75 bits per heavy atom. The summed E-state index contributed by atoms with van der Waals surface area (Å²) in [7, 11) is 0. The lowest BCUT2D eigenvalue weighted by Gasteiger charge is -2.10. The number of hydrogen-bond acceptors (Lipinski definition) is 3. The van der Waals surface area contributed by atoms with Crippen LogP contribution in [0.25, 0.3) is 0 Å². The van der Waals surface area contributed by atoms with Crippen LogP contribution in [0.2, 0.25) is 0 Å². The average Bonchev–Trinajstić information content (AvgIpc) is 2.45. The van der Waals surface area contributed by atoms with Crippen molar-refractivity contribution in [2.24, 2.45) is 5.73 Å². The molecule has 0 heterocycles. The molecule has 1 atom stereocenters. The fourth-order valence-corrected chi connectivity index (χ4v) is 2.05. The molecule has 1 unspecified atom stereocenters. The SMILES string of the molecule is CC(N)Cc1cccc(OCc2ccccc2C#N)c1.